The zero-order chi connectivity index (χ0) is 12.8. The maximum Gasteiger partial charge on any atom is 0.251 e. The van der Waals surface area contributed by atoms with Crippen molar-refractivity contribution < 1.29 is 19.4 Å². The molecule has 92 valence electrons. The Morgan fingerprint density at radius 2 is 2.12 bits per heavy atom. The first-order valence-corrected chi connectivity index (χ1v) is 4.99. The highest BCUT2D eigenvalue weighted by atomic mass is 16.5. The minimum absolute atomic E-state index is 0.114. The Labute approximate surface area is 98.4 Å². The summed E-state index contributed by atoms with van der Waals surface area (Å²) in [6.07, 6.45) is 0. The molecule has 0 fully saturated rings. The summed E-state index contributed by atoms with van der Waals surface area (Å²) >= 11 is 0. The molecule has 0 heterocycles. The van der Waals surface area contributed by atoms with Crippen molar-refractivity contribution in [2.75, 3.05) is 20.3 Å². The van der Waals surface area contributed by atoms with Gasteiger partial charge >= 0.3 is 0 Å². The lowest BCUT2D eigenvalue weighted by atomic mass is 10.1. The SMILES string of the molecule is CNC(=O)c1cc(OCCO)ccc1C(N)=O. The second-order valence-electron chi connectivity index (χ2n) is 3.22. The van der Waals surface area contributed by atoms with Gasteiger partial charge in [0.05, 0.1) is 17.7 Å². The highest BCUT2D eigenvalue weighted by molar-refractivity contribution is 6.06. The summed E-state index contributed by atoms with van der Waals surface area (Å²) in [7, 11) is 1.45. The van der Waals surface area contributed by atoms with Gasteiger partial charge in [-0.15, -0.1) is 0 Å². The number of carbonyl (C=O) groups is 2. The average molecular weight is 238 g/mol. The zero-order valence-electron chi connectivity index (χ0n) is 9.40. The first-order valence-electron chi connectivity index (χ1n) is 4.99. The van der Waals surface area contributed by atoms with Crippen molar-refractivity contribution in [2.24, 2.45) is 5.73 Å². The number of hydrogen-bond donors (Lipinski definition) is 3. The Morgan fingerprint density at radius 1 is 1.41 bits per heavy atom. The van der Waals surface area contributed by atoms with Gasteiger partial charge in [-0.05, 0) is 18.2 Å². The summed E-state index contributed by atoms with van der Waals surface area (Å²) in [4.78, 5) is 22.7. The maximum atomic E-state index is 11.5. The fourth-order valence-electron chi connectivity index (χ4n) is 1.31. The number of hydrogen-bond acceptors (Lipinski definition) is 4. The molecule has 4 N–H and O–H groups in total. The number of nitrogens with one attached hydrogen (secondary N) is 1. The number of amides is 2. The van der Waals surface area contributed by atoms with E-state index in [1.807, 2.05) is 0 Å². The van der Waals surface area contributed by atoms with Crippen LogP contribution in [0.3, 0.4) is 0 Å². The van der Waals surface area contributed by atoms with E-state index in [9.17, 15) is 9.59 Å². The lowest BCUT2D eigenvalue weighted by Gasteiger charge is -2.09. The van der Waals surface area contributed by atoms with Crippen molar-refractivity contribution in [3.63, 3.8) is 0 Å². The monoisotopic (exact) mass is 238 g/mol. The molecule has 1 rings (SSSR count). The van der Waals surface area contributed by atoms with Gasteiger partial charge < -0.3 is 20.9 Å². The van der Waals surface area contributed by atoms with E-state index in [1.165, 1.54) is 25.2 Å². The molecule has 17 heavy (non-hydrogen) atoms. The molecule has 1 aromatic carbocycles. The Hall–Kier alpha value is -2.08. The van der Waals surface area contributed by atoms with E-state index < -0.39 is 11.8 Å². The third-order valence-electron chi connectivity index (χ3n) is 2.09. The first kappa shape index (κ1) is 13.0. The summed E-state index contributed by atoms with van der Waals surface area (Å²) < 4.78 is 5.14. The zero-order valence-corrected chi connectivity index (χ0v) is 9.40. The van der Waals surface area contributed by atoms with E-state index in [-0.39, 0.29) is 24.3 Å². The fraction of sp³-hybridized carbons (Fsp3) is 0.273. The molecule has 0 aliphatic heterocycles. The van der Waals surface area contributed by atoms with Crippen molar-refractivity contribution in [1.82, 2.24) is 5.32 Å². The van der Waals surface area contributed by atoms with Crippen molar-refractivity contribution >= 4 is 11.8 Å². The summed E-state index contributed by atoms with van der Waals surface area (Å²) in [5.41, 5.74) is 5.43. The largest absolute Gasteiger partial charge is 0.491 e. The number of nitrogens with two attached hydrogens (primary N) is 1. The van der Waals surface area contributed by atoms with Crippen LogP contribution in [0.5, 0.6) is 5.75 Å². The Kier molecular flexibility index (Phi) is 4.47. The molecule has 1 aromatic rings. The summed E-state index contributed by atoms with van der Waals surface area (Å²) in [5, 5.41) is 11.0. The van der Waals surface area contributed by atoms with Crippen molar-refractivity contribution in [2.45, 2.75) is 0 Å². The molecule has 0 radical (unpaired) electrons. The standard InChI is InChI=1S/C11H14N2O4/c1-13-11(16)9-6-7(17-5-4-14)2-3-8(9)10(12)15/h2-3,6,14H,4-5H2,1H3,(H2,12,15)(H,13,16). The lowest BCUT2D eigenvalue weighted by Crippen LogP contribution is -2.23. The Bertz CT molecular complexity index is 431. The number of ether oxygens (including phenoxy) is 1. The van der Waals surface area contributed by atoms with Gasteiger partial charge in [-0.3, -0.25) is 9.59 Å². The van der Waals surface area contributed by atoms with E-state index in [4.69, 9.17) is 15.6 Å². The van der Waals surface area contributed by atoms with Crippen LogP contribution in [-0.4, -0.2) is 37.2 Å². The van der Waals surface area contributed by atoms with Crippen LogP contribution in [0.25, 0.3) is 0 Å². The molecule has 0 aliphatic rings. The van der Waals surface area contributed by atoms with E-state index in [0.29, 0.717) is 5.75 Å². The van der Waals surface area contributed by atoms with Gasteiger partial charge in [-0.25, -0.2) is 0 Å². The van der Waals surface area contributed by atoms with E-state index in [0.717, 1.165) is 0 Å². The van der Waals surface area contributed by atoms with Crippen LogP contribution in [0, 0.1) is 0 Å². The number of primary amides is 1. The second kappa shape index (κ2) is 5.86. The molecule has 0 spiro atoms. The minimum Gasteiger partial charge on any atom is -0.491 e. The average Bonchev–Trinajstić information content (AvgIpc) is 2.34. The predicted octanol–water partition coefficient (Wildman–Crippen LogP) is -0.484. The molecule has 0 bridgehead atoms. The number of benzene rings is 1. The van der Waals surface area contributed by atoms with E-state index >= 15 is 0 Å². The highest BCUT2D eigenvalue weighted by Crippen LogP contribution is 2.17. The first-order chi connectivity index (χ1) is 8.10. The van der Waals surface area contributed by atoms with Gasteiger partial charge in [0.15, 0.2) is 0 Å². The van der Waals surface area contributed by atoms with Crippen LogP contribution in [-0.2, 0) is 0 Å². The molecule has 6 heteroatoms. The molecule has 6 nitrogen and oxygen atoms in total. The van der Waals surface area contributed by atoms with Crippen molar-refractivity contribution in [3.05, 3.63) is 29.3 Å². The Balaban J connectivity index is 3.10. The molecule has 0 unspecified atom stereocenters. The molecular weight excluding hydrogens is 224 g/mol. The fourth-order valence-corrected chi connectivity index (χ4v) is 1.31. The van der Waals surface area contributed by atoms with Crippen LogP contribution < -0.4 is 15.8 Å². The molecule has 2 amide bonds. The smallest absolute Gasteiger partial charge is 0.251 e. The number of carbonyl (C=O) groups excluding carboxylic acids is 2. The van der Waals surface area contributed by atoms with Crippen LogP contribution in [0.4, 0.5) is 0 Å². The molecule has 0 saturated carbocycles. The van der Waals surface area contributed by atoms with E-state index in [2.05, 4.69) is 5.32 Å². The number of aliphatic hydroxyl groups is 1. The van der Waals surface area contributed by atoms with Crippen LogP contribution >= 0.6 is 0 Å². The van der Waals surface area contributed by atoms with Gasteiger partial charge in [-0.1, -0.05) is 0 Å². The maximum absolute atomic E-state index is 11.5. The summed E-state index contributed by atoms with van der Waals surface area (Å²) in [5.74, 6) is -0.715. The third-order valence-corrected chi connectivity index (χ3v) is 2.09. The minimum atomic E-state index is -0.683. The van der Waals surface area contributed by atoms with Gasteiger partial charge in [0.1, 0.15) is 12.4 Å². The highest BCUT2D eigenvalue weighted by Gasteiger charge is 2.15. The van der Waals surface area contributed by atoms with Crippen LogP contribution in [0.2, 0.25) is 0 Å². The van der Waals surface area contributed by atoms with Crippen molar-refractivity contribution in [1.29, 1.82) is 0 Å². The van der Waals surface area contributed by atoms with Gasteiger partial charge in [-0.2, -0.15) is 0 Å². The summed E-state index contributed by atoms with van der Waals surface area (Å²) in [6.45, 7) is -0.0179. The number of aliphatic hydroxyl groups excluding tert-OH is 1. The molecule has 0 aliphatic carbocycles. The van der Waals surface area contributed by atoms with Gasteiger partial charge in [0.25, 0.3) is 5.91 Å². The third kappa shape index (κ3) is 3.18. The number of rotatable bonds is 5. The molecule has 0 saturated heterocycles. The Morgan fingerprint density at radius 3 is 2.65 bits per heavy atom. The molecular formula is C11H14N2O4. The van der Waals surface area contributed by atoms with E-state index in [1.54, 1.807) is 0 Å². The van der Waals surface area contributed by atoms with Gasteiger partial charge in [0, 0.05) is 7.05 Å². The van der Waals surface area contributed by atoms with Crippen LogP contribution in [0.1, 0.15) is 20.7 Å². The normalized spacial score (nSPS) is 9.76. The van der Waals surface area contributed by atoms with Gasteiger partial charge in [0.2, 0.25) is 5.91 Å². The predicted molar refractivity (Wildman–Crippen MR) is 60.9 cm³/mol. The van der Waals surface area contributed by atoms with Crippen molar-refractivity contribution in [3.8, 4) is 5.75 Å². The quantitative estimate of drug-likeness (QED) is 0.644. The molecule has 0 aromatic heterocycles. The lowest BCUT2D eigenvalue weighted by molar-refractivity contribution is 0.0943. The topological polar surface area (TPSA) is 102 Å². The second-order valence-corrected chi connectivity index (χ2v) is 3.22. The van der Waals surface area contributed by atoms with Crippen LogP contribution in [0.15, 0.2) is 18.2 Å². The summed E-state index contributed by atoms with van der Waals surface area (Å²) in [6, 6.07) is 4.34. The molecule has 0 atom stereocenters.